The van der Waals surface area contributed by atoms with Crippen LogP contribution in [0.5, 0.6) is 46.0 Å². The number of benzene rings is 13. The molecule has 0 spiro atoms. The lowest BCUT2D eigenvalue weighted by molar-refractivity contribution is 0.103. The monoisotopic (exact) mass is 1190 g/mol. The highest BCUT2D eigenvalue weighted by Crippen LogP contribution is 2.48. The molecule has 0 unspecified atom stereocenters. The number of carbonyl (C=O) groups excluding carboxylic acids is 4. The fourth-order valence-corrected chi connectivity index (χ4v) is 11.6. The third-order valence-electron chi connectivity index (χ3n) is 16.1. The minimum absolute atomic E-state index is 0.177. The van der Waals surface area contributed by atoms with Gasteiger partial charge < -0.3 is 28.4 Å². The van der Waals surface area contributed by atoms with Crippen LogP contribution in [0.25, 0.3) is 65.3 Å². The van der Waals surface area contributed by atoms with Crippen molar-refractivity contribution >= 4 is 66.2 Å². The van der Waals surface area contributed by atoms with E-state index >= 15 is 0 Å². The van der Waals surface area contributed by atoms with Crippen LogP contribution in [0.15, 0.2) is 243 Å². The predicted octanol–water partition coefficient (Wildman–Crippen LogP) is 18.5. The molecule has 0 bridgehead atoms. The highest BCUT2D eigenvalue weighted by molar-refractivity contribution is 6.18. The molecule has 0 fully saturated rings. The Balaban J connectivity index is 0.673. The van der Waals surface area contributed by atoms with Crippen LogP contribution in [0.4, 0.5) is 8.78 Å². The summed E-state index contributed by atoms with van der Waals surface area (Å²) in [6.07, 6.45) is 0. The molecule has 0 aliphatic carbocycles. The molecule has 0 N–H and O–H groups in total. The minimum atomic E-state index is -0.418. The molecule has 0 atom stereocenters. The van der Waals surface area contributed by atoms with E-state index in [0.717, 1.165) is 65.3 Å². The molecule has 13 aromatic rings. The molecule has 0 amide bonds. The number of fused-ring (bicyclic) bond motifs is 4. The van der Waals surface area contributed by atoms with Crippen molar-refractivity contribution in [3.05, 3.63) is 299 Å². The molecule has 0 radical (unpaired) electrons. The zero-order valence-electron chi connectivity index (χ0n) is 48.9. The van der Waals surface area contributed by atoms with Gasteiger partial charge in [-0.3, -0.25) is 19.2 Å². The third-order valence-corrected chi connectivity index (χ3v) is 16.1. The summed E-state index contributed by atoms with van der Waals surface area (Å²) < 4.78 is 63.4. The van der Waals surface area contributed by atoms with Gasteiger partial charge in [0.1, 0.15) is 57.6 Å². The Hall–Kier alpha value is -11.8. The van der Waals surface area contributed by atoms with Crippen molar-refractivity contribution in [2.45, 2.75) is 0 Å². The smallest absolute Gasteiger partial charge is 0.193 e. The summed E-state index contributed by atoms with van der Waals surface area (Å²) >= 11 is 0. The Kier molecular flexibility index (Phi) is 15.4. The molecule has 0 saturated carbocycles. The molecule has 13 aromatic carbocycles. The van der Waals surface area contributed by atoms with Crippen molar-refractivity contribution in [2.75, 3.05) is 28.4 Å². The van der Waals surface area contributed by atoms with E-state index in [1.165, 1.54) is 48.5 Å². The molecular weight excluding hydrogens is 1130 g/mol. The van der Waals surface area contributed by atoms with Crippen LogP contribution in [0.3, 0.4) is 0 Å². The van der Waals surface area contributed by atoms with E-state index in [-0.39, 0.29) is 23.1 Å². The van der Waals surface area contributed by atoms with Gasteiger partial charge in [-0.15, -0.1) is 0 Å². The molecule has 0 saturated heterocycles. The van der Waals surface area contributed by atoms with Gasteiger partial charge in [0.05, 0.1) is 28.4 Å². The van der Waals surface area contributed by atoms with E-state index in [4.69, 9.17) is 28.4 Å². The summed E-state index contributed by atoms with van der Waals surface area (Å²) in [6.45, 7) is 0. The number of halogens is 2. The topological polar surface area (TPSA) is 124 Å². The molecule has 438 valence electrons. The summed E-state index contributed by atoms with van der Waals surface area (Å²) in [6, 6.07) is 69.0. The van der Waals surface area contributed by atoms with Gasteiger partial charge in [-0.2, -0.15) is 0 Å². The van der Waals surface area contributed by atoms with Gasteiger partial charge in [0.2, 0.25) is 0 Å². The van der Waals surface area contributed by atoms with Crippen molar-refractivity contribution in [1.82, 2.24) is 0 Å². The summed E-state index contributed by atoms with van der Waals surface area (Å²) in [5.41, 5.74) is 6.62. The minimum Gasteiger partial charge on any atom is -0.496 e. The maximum atomic E-state index is 14.1. The summed E-state index contributed by atoms with van der Waals surface area (Å²) in [5.74, 6) is 2.88. The normalized spacial score (nSPS) is 11.2. The lowest BCUT2D eigenvalue weighted by Crippen LogP contribution is -2.02. The molecule has 0 aliphatic heterocycles. The van der Waals surface area contributed by atoms with E-state index < -0.39 is 11.6 Å². The average molecular weight is 1190 g/mol. The molecule has 90 heavy (non-hydrogen) atoms. The lowest BCUT2D eigenvalue weighted by Gasteiger charge is -2.18. The number of ketones is 4. The zero-order valence-corrected chi connectivity index (χ0v) is 48.9. The number of hydrogen-bond donors (Lipinski definition) is 0. The number of methoxy groups -OCH3 is 4. The summed E-state index contributed by atoms with van der Waals surface area (Å²) in [4.78, 5) is 55.0. The van der Waals surface area contributed by atoms with Crippen molar-refractivity contribution in [1.29, 1.82) is 0 Å². The van der Waals surface area contributed by atoms with Crippen LogP contribution in [0.2, 0.25) is 0 Å². The van der Waals surface area contributed by atoms with Gasteiger partial charge >= 0.3 is 0 Å². The fraction of sp³-hybridized carbons (Fsp3) is 0.0513. The second kappa shape index (κ2) is 24.2. The zero-order chi connectivity index (χ0) is 62.2. The molecule has 0 aromatic heterocycles. The molecular formula is C78H52F2O10. The van der Waals surface area contributed by atoms with Crippen molar-refractivity contribution < 1.29 is 56.4 Å². The molecule has 0 aliphatic rings. The molecule has 13 rings (SSSR count). The fourth-order valence-electron chi connectivity index (χ4n) is 11.6. The number of carbonyl (C=O) groups is 4. The molecule has 10 nitrogen and oxygen atoms in total. The van der Waals surface area contributed by atoms with Crippen LogP contribution in [-0.4, -0.2) is 51.6 Å². The Morgan fingerprint density at radius 2 is 0.444 bits per heavy atom. The second-order valence-electron chi connectivity index (χ2n) is 21.4. The van der Waals surface area contributed by atoms with Crippen LogP contribution >= 0.6 is 0 Å². The molecule has 12 heteroatoms. The van der Waals surface area contributed by atoms with Crippen LogP contribution < -0.4 is 28.4 Å². The number of rotatable bonds is 18. The first-order chi connectivity index (χ1) is 43.9. The third kappa shape index (κ3) is 11.0. The summed E-state index contributed by atoms with van der Waals surface area (Å²) in [7, 11) is 6.40. The Bertz CT molecular complexity index is 4690. The van der Waals surface area contributed by atoms with E-state index in [1.54, 1.807) is 126 Å². The lowest BCUT2D eigenvalue weighted by atomic mass is 9.90. The Labute approximate surface area is 515 Å². The first-order valence-electron chi connectivity index (χ1n) is 28.7. The SMILES string of the molecule is COc1ccc2cc(C(=O)c3ccc(F)cc3)ccc2c1-c1c(OC)ccc2cc(C(=O)c3ccc(Oc4ccc(Oc5ccc(C(=O)c6ccc7c(-c8c(OC)ccc9cc(C(=O)c%10ccc(F)cc%10)ccc89)c(OC)ccc7c6)cc5)cc4)cc3)ccc12. The highest BCUT2D eigenvalue weighted by atomic mass is 19.1. The summed E-state index contributed by atoms with van der Waals surface area (Å²) in [5, 5.41) is 6.47. The van der Waals surface area contributed by atoms with Gasteiger partial charge in [0.15, 0.2) is 23.1 Å². The van der Waals surface area contributed by atoms with E-state index in [9.17, 15) is 28.0 Å². The maximum absolute atomic E-state index is 14.1. The number of hydrogen-bond acceptors (Lipinski definition) is 10. The van der Waals surface area contributed by atoms with Crippen LogP contribution in [-0.2, 0) is 0 Å². The highest BCUT2D eigenvalue weighted by Gasteiger charge is 2.24. The van der Waals surface area contributed by atoms with Gasteiger partial charge in [-0.05, 0) is 213 Å². The van der Waals surface area contributed by atoms with Gasteiger partial charge in [0.25, 0.3) is 0 Å². The Morgan fingerprint density at radius 1 is 0.244 bits per heavy atom. The predicted molar refractivity (Wildman–Crippen MR) is 346 cm³/mol. The first-order valence-corrected chi connectivity index (χ1v) is 28.7. The van der Waals surface area contributed by atoms with Gasteiger partial charge in [-0.1, -0.05) is 72.8 Å². The number of ether oxygens (including phenoxy) is 6. The standard InChI is InChI=1S/C78H52F2O10/c1-85-67-37-17-49-41-53(75(81)45-5-21-57(79)22-6-45)13-33-63(49)71(67)73-65-35-15-55(43-51(65)19-39-69(73)87-3)77(83)47-9-25-59(26-10-47)89-61-29-31-62(32-30-61)90-60-27-11-48(12-28-60)78(84)56-16-36-66-52(44-56)20-40-70(88-4)74(66)72-64-34-14-54(42-50(64)18-38-68(72)86-2)76(82)46-7-23-58(80)24-8-46/h5-44H,1-4H3. The first kappa shape index (κ1) is 57.3. The van der Waals surface area contributed by atoms with E-state index in [0.29, 0.717) is 90.5 Å². The Morgan fingerprint density at radius 3 is 0.667 bits per heavy atom. The van der Waals surface area contributed by atoms with E-state index in [1.807, 2.05) is 97.1 Å². The average Bonchev–Trinajstić information content (AvgIpc) is 0.990. The maximum Gasteiger partial charge on any atom is 0.193 e. The second-order valence-corrected chi connectivity index (χ2v) is 21.4. The van der Waals surface area contributed by atoms with Crippen molar-refractivity contribution in [2.24, 2.45) is 0 Å². The largest absolute Gasteiger partial charge is 0.496 e. The van der Waals surface area contributed by atoms with Gasteiger partial charge in [-0.25, -0.2) is 8.78 Å². The van der Waals surface area contributed by atoms with Crippen molar-refractivity contribution in [3.8, 4) is 68.2 Å². The van der Waals surface area contributed by atoms with Crippen LogP contribution in [0, 0.1) is 11.6 Å². The molecule has 0 heterocycles. The van der Waals surface area contributed by atoms with Gasteiger partial charge in [0, 0.05) is 66.8 Å². The quantitative estimate of drug-likeness (QED) is 0.0767. The van der Waals surface area contributed by atoms with Crippen LogP contribution in [0.1, 0.15) is 63.7 Å². The van der Waals surface area contributed by atoms with Crippen molar-refractivity contribution in [3.63, 3.8) is 0 Å². The van der Waals surface area contributed by atoms with E-state index in [2.05, 4.69) is 0 Å².